The normalized spacial score (nSPS) is 20.0. The number of benzene rings is 1. The smallest absolute Gasteiger partial charge is 0.410 e. The summed E-state index contributed by atoms with van der Waals surface area (Å²) < 4.78 is 10.9. The molecular formula is C29H43ClN5O4P. The number of nitrogens with one attached hydrogen (secondary N) is 2. The van der Waals surface area contributed by atoms with Gasteiger partial charge in [-0.05, 0) is 68.3 Å². The first-order valence-electron chi connectivity index (χ1n) is 13.8. The Bertz CT molecular complexity index is 1090. The first-order valence-corrected chi connectivity index (χ1v) is 15.9. The molecule has 2 aliphatic rings. The molecule has 1 aliphatic heterocycles. The molecule has 3 rings (SSSR count). The Morgan fingerprint density at radius 2 is 2.00 bits per heavy atom. The number of amides is 2. The summed E-state index contributed by atoms with van der Waals surface area (Å²) in [7, 11) is 3.86. The fraction of sp³-hybridized carbons (Fsp3) is 0.552. The molecule has 1 aliphatic carbocycles. The van der Waals surface area contributed by atoms with Crippen molar-refractivity contribution in [3.63, 3.8) is 0 Å². The number of rotatable bonds is 11. The van der Waals surface area contributed by atoms with Gasteiger partial charge < -0.3 is 25.0 Å². The summed E-state index contributed by atoms with van der Waals surface area (Å²) in [6.45, 7) is 8.53. The van der Waals surface area contributed by atoms with Crippen molar-refractivity contribution in [3.8, 4) is 0 Å². The molecule has 1 heterocycles. The van der Waals surface area contributed by atoms with Gasteiger partial charge in [0.05, 0.1) is 18.5 Å². The predicted molar refractivity (Wildman–Crippen MR) is 165 cm³/mol. The van der Waals surface area contributed by atoms with Crippen LogP contribution < -0.4 is 10.6 Å². The van der Waals surface area contributed by atoms with Crippen molar-refractivity contribution in [2.45, 2.75) is 51.0 Å². The highest BCUT2D eigenvalue weighted by Gasteiger charge is 2.32. The van der Waals surface area contributed by atoms with Gasteiger partial charge in [0.15, 0.2) is 0 Å². The van der Waals surface area contributed by atoms with Crippen LogP contribution in [0.25, 0.3) is 5.57 Å². The summed E-state index contributed by atoms with van der Waals surface area (Å²) in [5.74, 6) is -0.148. The van der Waals surface area contributed by atoms with Crippen LogP contribution in [0, 0.1) is 0 Å². The van der Waals surface area contributed by atoms with Gasteiger partial charge in [-0.25, -0.2) is 4.79 Å². The Kier molecular flexibility index (Phi) is 12.9. The Labute approximate surface area is 245 Å². The zero-order valence-corrected chi connectivity index (χ0v) is 25.9. The SMILES string of the molecule is CN=CN/C=C/[C@H](NC(=O)C(CPC)OC)C1=CCC[C@@H](N2CCN(C(=O)OC(C)C)CC2)c2ccc(Cl)cc21. The van der Waals surface area contributed by atoms with E-state index >= 15 is 0 Å². The van der Waals surface area contributed by atoms with Crippen LogP contribution in [0.15, 0.2) is 41.5 Å². The number of methoxy groups -OCH3 is 1. The minimum absolute atomic E-state index is 0.137. The second-order valence-electron chi connectivity index (χ2n) is 10.1. The second kappa shape index (κ2) is 16.1. The Morgan fingerprint density at radius 1 is 1.25 bits per heavy atom. The van der Waals surface area contributed by atoms with Gasteiger partial charge in [0, 0.05) is 63.8 Å². The molecule has 1 aromatic rings. The first-order chi connectivity index (χ1) is 19.3. The molecule has 2 amide bonds. The molecule has 9 nitrogen and oxygen atoms in total. The molecule has 40 heavy (non-hydrogen) atoms. The zero-order chi connectivity index (χ0) is 29.1. The summed E-state index contributed by atoms with van der Waals surface area (Å²) in [6, 6.07) is 5.77. The number of carbonyl (C=O) groups is 2. The first kappa shape index (κ1) is 32.1. The number of allylic oxidation sites excluding steroid dienone is 1. The highest BCUT2D eigenvalue weighted by molar-refractivity contribution is 7.37. The van der Waals surface area contributed by atoms with Crippen molar-refractivity contribution in [3.05, 3.63) is 52.7 Å². The van der Waals surface area contributed by atoms with Gasteiger partial charge in [0.2, 0.25) is 5.91 Å². The number of piperazine rings is 1. The van der Waals surface area contributed by atoms with Crippen molar-refractivity contribution in [2.75, 3.05) is 53.2 Å². The summed E-state index contributed by atoms with van der Waals surface area (Å²) in [5.41, 5.74) is 3.18. The van der Waals surface area contributed by atoms with Gasteiger partial charge in [-0.2, -0.15) is 0 Å². The highest BCUT2D eigenvalue weighted by Crippen LogP contribution is 2.39. The minimum Gasteiger partial charge on any atom is -0.447 e. The number of fused-ring (bicyclic) bond motifs is 1. The average molecular weight is 592 g/mol. The number of hydrogen-bond acceptors (Lipinski definition) is 6. The molecule has 0 radical (unpaired) electrons. The third-order valence-corrected chi connectivity index (χ3v) is 8.04. The molecule has 0 bridgehead atoms. The van der Waals surface area contributed by atoms with Gasteiger partial charge in [-0.1, -0.05) is 23.7 Å². The molecule has 1 fully saturated rings. The fourth-order valence-electron chi connectivity index (χ4n) is 5.11. The molecular weight excluding hydrogens is 549 g/mol. The van der Waals surface area contributed by atoms with Crippen LogP contribution in [0.1, 0.15) is 43.9 Å². The zero-order valence-electron chi connectivity index (χ0n) is 24.2. The molecule has 1 saturated heterocycles. The number of aliphatic imine (C=N–C) groups is 1. The molecule has 220 valence electrons. The largest absolute Gasteiger partial charge is 0.447 e. The van der Waals surface area contributed by atoms with Crippen molar-refractivity contribution in [1.29, 1.82) is 0 Å². The molecule has 2 unspecified atom stereocenters. The maximum atomic E-state index is 13.2. The van der Waals surface area contributed by atoms with Gasteiger partial charge in [0.1, 0.15) is 6.10 Å². The van der Waals surface area contributed by atoms with Crippen molar-refractivity contribution in [1.82, 2.24) is 20.4 Å². The van der Waals surface area contributed by atoms with Gasteiger partial charge in [-0.15, -0.1) is 8.58 Å². The van der Waals surface area contributed by atoms with Crippen LogP contribution in [-0.2, 0) is 14.3 Å². The highest BCUT2D eigenvalue weighted by atomic mass is 35.5. The van der Waals surface area contributed by atoms with E-state index in [4.69, 9.17) is 21.1 Å². The molecule has 0 saturated carbocycles. The standard InChI is InChI=1S/C29H43ClN5O4P/c1-20(2)39-29(37)35-15-13-34(14-16-35)26-8-6-7-22(24-17-21(30)9-10-23(24)26)25(11-12-32-19-31-3)33-28(36)27(38-4)18-40-5/h7,9-12,17,19-20,25-27,40H,6,8,13-16,18H2,1-5H3,(H,31,32)(H,33,36)/b12-11+/t25-,26+,27?/m0/s1. The maximum Gasteiger partial charge on any atom is 0.410 e. The van der Waals surface area contributed by atoms with Gasteiger partial charge in [-0.3, -0.25) is 14.7 Å². The number of halogens is 1. The number of nitrogens with zero attached hydrogens (tertiary/aromatic N) is 3. The third-order valence-electron chi connectivity index (χ3n) is 7.03. The van der Waals surface area contributed by atoms with Crippen LogP contribution in [-0.4, -0.2) is 99.6 Å². The van der Waals surface area contributed by atoms with E-state index in [1.54, 1.807) is 31.6 Å². The topological polar surface area (TPSA) is 95.5 Å². The second-order valence-corrected chi connectivity index (χ2v) is 11.7. The van der Waals surface area contributed by atoms with Crippen LogP contribution in [0.4, 0.5) is 4.79 Å². The quantitative estimate of drug-likeness (QED) is 0.226. The maximum absolute atomic E-state index is 13.2. The summed E-state index contributed by atoms with van der Waals surface area (Å²) in [6.07, 6.45) is 9.01. The number of ether oxygens (including phenoxy) is 2. The lowest BCUT2D eigenvalue weighted by molar-refractivity contribution is -0.129. The van der Waals surface area contributed by atoms with Crippen molar-refractivity contribution < 1.29 is 19.1 Å². The average Bonchev–Trinajstić information content (AvgIpc) is 3.12. The van der Waals surface area contributed by atoms with Crippen molar-refractivity contribution >= 4 is 44.1 Å². The summed E-state index contributed by atoms with van der Waals surface area (Å²) in [4.78, 5) is 33.8. The van der Waals surface area contributed by atoms with E-state index in [1.165, 1.54) is 5.56 Å². The molecule has 0 spiro atoms. The van der Waals surface area contributed by atoms with Crippen LogP contribution >= 0.6 is 20.2 Å². The predicted octanol–water partition coefficient (Wildman–Crippen LogP) is 4.29. The Hall–Kier alpha value is -2.45. The lowest BCUT2D eigenvalue weighted by atomic mass is 9.91. The summed E-state index contributed by atoms with van der Waals surface area (Å²) in [5, 5.41) is 6.86. The van der Waals surface area contributed by atoms with Crippen molar-refractivity contribution in [2.24, 2.45) is 4.99 Å². The number of carbonyl (C=O) groups excluding carboxylic acids is 2. The lowest BCUT2D eigenvalue weighted by Crippen LogP contribution is -2.50. The van der Waals surface area contributed by atoms with Gasteiger partial charge >= 0.3 is 6.09 Å². The number of hydrogen-bond donors (Lipinski definition) is 2. The molecule has 11 heteroatoms. The van der Waals surface area contributed by atoms with E-state index in [0.29, 0.717) is 32.9 Å². The lowest BCUT2D eigenvalue weighted by Gasteiger charge is -2.39. The Morgan fingerprint density at radius 3 is 2.65 bits per heavy atom. The van der Waals surface area contributed by atoms with E-state index in [9.17, 15) is 9.59 Å². The van der Waals surface area contributed by atoms with Crippen LogP contribution in [0.3, 0.4) is 0 Å². The fourth-order valence-corrected chi connectivity index (χ4v) is 6.01. The molecule has 4 atom stereocenters. The molecule has 0 aromatic heterocycles. The van der Waals surface area contributed by atoms with E-state index in [1.807, 2.05) is 32.1 Å². The van der Waals surface area contributed by atoms with Crippen LogP contribution in [0.5, 0.6) is 0 Å². The van der Waals surface area contributed by atoms with E-state index < -0.39 is 12.1 Å². The van der Waals surface area contributed by atoms with E-state index in [0.717, 1.165) is 37.1 Å². The third kappa shape index (κ3) is 8.77. The van der Waals surface area contributed by atoms with E-state index in [-0.39, 0.29) is 24.1 Å². The molecule has 2 N–H and O–H groups in total. The molecule has 1 aromatic carbocycles. The van der Waals surface area contributed by atoms with Gasteiger partial charge in [0.25, 0.3) is 0 Å². The Balaban J connectivity index is 1.89. The van der Waals surface area contributed by atoms with E-state index in [2.05, 4.69) is 39.3 Å². The monoisotopic (exact) mass is 591 g/mol. The summed E-state index contributed by atoms with van der Waals surface area (Å²) >= 11 is 6.54. The van der Waals surface area contributed by atoms with Crippen LogP contribution in [0.2, 0.25) is 5.02 Å². The minimum atomic E-state index is -0.513.